The van der Waals surface area contributed by atoms with Crippen LogP contribution < -0.4 is 14.4 Å². The highest BCUT2D eigenvalue weighted by Crippen LogP contribution is 2.34. The summed E-state index contributed by atoms with van der Waals surface area (Å²) in [6.07, 6.45) is -0.780. The largest absolute Gasteiger partial charge is 0.482 e. The number of hydrogen-bond donors (Lipinski definition) is 0. The summed E-state index contributed by atoms with van der Waals surface area (Å²) in [7, 11) is 3.29. The Morgan fingerprint density at radius 2 is 1.96 bits per heavy atom. The number of likely N-dealkylation sites (N-methyl/N-ethyl adjacent to an activating group) is 1. The quantitative estimate of drug-likeness (QED) is 0.778. The number of hydrogen-bond acceptors (Lipinski definition) is 4. The maximum Gasteiger partial charge on any atom is 0.265 e. The zero-order chi connectivity index (χ0) is 19.6. The first-order valence-electron chi connectivity index (χ1n) is 8.22. The number of fused-ring (bicyclic) bond motifs is 1. The van der Waals surface area contributed by atoms with Crippen molar-refractivity contribution in [2.75, 3.05) is 32.1 Å². The van der Waals surface area contributed by atoms with E-state index in [1.807, 2.05) is 0 Å². The van der Waals surface area contributed by atoms with Crippen LogP contribution in [0.5, 0.6) is 11.5 Å². The summed E-state index contributed by atoms with van der Waals surface area (Å²) in [5.41, 5.74) is 0.594. The standard InChI is InChI=1S/C19H18Cl2N2O4/c1-22(2)19(25)17-10-23(14-5-3-4-6-16(14)27-17)18(24)11-26-15-8-7-12(20)9-13(15)21/h3-9,17H,10-11H2,1-2H3/t17-/m0/s1. The van der Waals surface area contributed by atoms with E-state index >= 15 is 0 Å². The lowest BCUT2D eigenvalue weighted by Gasteiger charge is -2.35. The number of para-hydroxylation sites is 2. The first-order valence-corrected chi connectivity index (χ1v) is 8.97. The normalized spacial score (nSPS) is 15.6. The zero-order valence-corrected chi connectivity index (χ0v) is 16.3. The summed E-state index contributed by atoms with van der Waals surface area (Å²) >= 11 is 11.9. The molecule has 0 saturated heterocycles. The van der Waals surface area contributed by atoms with Crippen LogP contribution >= 0.6 is 23.2 Å². The van der Waals surface area contributed by atoms with Crippen LogP contribution in [0.25, 0.3) is 0 Å². The Labute approximate surface area is 167 Å². The number of amides is 2. The Kier molecular flexibility index (Phi) is 5.77. The fourth-order valence-corrected chi connectivity index (χ4v) is 3.16. The van der Waals surface area contributed by atoms with Gasteiger partial charge >= 0.3 is 0 Å². The number of halogens is 2. The van der Waals surface area contributed by atoms with Crippen LogP contribution in [0.4, 0.5) is 5.69 Å². The van der Waals surface area contributed by atoms with E-state index in [9.17, 15) is 9.59 Å². The lowest BCUT2D eigenvalue weighted by atomic mass is 10.1. The monoisotopic (exact) mass is 408 g/mol. The number of rotatable bonds is 4. The fraction of sp³-hybridized carbons (Fsp3) is 0.263. The highest BCUT2D eigenvalue weighted by atomic mass is 35.5. The first kappa shape index (κ1) is 19.3. The van der Waals surface area contributed by atoms with Gasteiger partial charge in [-0.2, -0.15) is 0 Å². The Balaban J connectivity index is 1.78. The van der Waals surface area contributed by atoms with Crippen LogP contribution in [0.2, 0.25) is 10.0 Å². The molecule has 142 valence electrons. The third-order valence-electron chi connectivity index (χ3n) is 4.04. The van der Waals surface area contributed by atoms with Gasteiger partial charge in [0.2, 0.25) is 0 Å². The summed E-state index contributed by atoms with van der Waals surface area (Å²) in [5.74, 6) is 0.302. The van der Waals surface area contributed by atoms with E-state index in [4.69, 9.17) is 32.7 Å². The van der Waals surface area contributed by atoms with Gasteiger partial charge in [0.15, 0.2) is 12.7 Å². The van der Waals surface area contributed by atoms with Crippen molar-refractivity contribution in [1.82, 2.24) is 4.90 Å². The van der Waals surface area contributed by atoms with Crippen LogP contribution in [-0.4, -0.2) is 50.1 Å². The minimum absolute atomic E-state index is 0.102. The maximum absolute atomic E-state index is 12.8. The van der Waals surface area contributed by atoms with Gasteiger partial charge in [0.05, 0.1) is 17.3 Å². The molecule has 8 heteroatoms. The lowest BCUT2D eigenvalue weighted by molar-refractivity contribution is -0.136. The number of nitrogens with zero attached hydrogens (tertiary/aromatic N) is 2. The third kappa shape index (κ3) is 4.28. The molecule has 1 aliphatic rings. The highest BCUT2D eigenvalue weighted by Gasteiger charge is 2.34. The number of ether oxygens (including phenoxy) is 2. The molecular weight excluding hydrogens is 391 g/mol. The Hall–Kier alpha value is -2.44. The molecule has 0 fully saturated rings. The smallest absolute Gasteiger partial charge is 0.265 e. The molecule has 27 heavy (non-hydrogen) atoms. The number of carbonyl (C=O) groups is 2. The third-order valence-corrected chi connectivity index (χ3v) is 4.57. The van der Waals surface area contributed by atoms with Crippen LogP contribution in [0.15, 0.2) is 42.5 Å². The summed E-state index contributed by atoms with van der Waals surface area (Å²) in [6.45, 7) is -0.136. The van der Waals surface area contributed by atoms with Crippen molar-refractivity contribution in [3.05, 3.63) is 52.5 Å². The van der Waals surface area contributed by atoms with Gasteiger partial charge in [0.1, 0.15) is 11.5 Å². The Morgan fingerprint density at radius 1 is 1.22 bits per heavy atom. The maximum atomic E-state index is 12.8. The molecular formula is C19H18Cl2N2O4. The van der Waals surface area contributed by atoms with E-state index in [1.54, 1.807) is 56.6 Å². The molecule has 0 bridgehead atoms. The van der Waals surface area contributed by atoms with Crippen LogP contribution in [-0.2, 0) is 9.59 Å². The molecule has 0 radical (unpaired) electrons. The molecule has 2 amide bonds. The number of benzene rings is 2. The van der Waals surface area contributed by atoms with Crippen molar-refractivity contribution < 1.29 is 19.1 Å². The molecule has 6 nitrogen and oxygen atoms in total. The zero-order valence-electron chi connectivity index (χ0n) is 14.8. The molecule has 3 rings (SSSR count). The van der Waals surface area contributed by atoms with Gasteiger partial charge in [0, 0.05) is 19.1 Å². The van der Waals surface area contributed by atoms with Crippen LogP contribution in [0.1, 0.15) is 0 Å². The summed E-state index contributed by atoms with van der Waals surface area (Å²) in [5, 5.41) is 0.796. The molecule has 0 aromatic heterocycles. The fourth-order valence-electron chi connectivity index (χ4n) is 2.70. The van der Waals surface area contributed by atoms with E-state index in [0.29, 0.717) is 27.2 Å². The Bertz CT molecular complexity index is 873. The minimum atomic E-state index is -0.780. The average molecular weight is 409 g/mol. The molecule has 1 atom stereocenters. The molecule has 0 spiro atoms. The SMILES string of the molecule is CN(C)C(=O)[C@@H]1CN(C(=O)COc2ccc(Cl)cc2Cl)c2ccccc2O1. The second-order valence-corrected chi connectivity index (χ2v) is 7.02. The Morgan fingerprint density at radius 3 is 2.67 bits per heavy atom. The van der Waals surface area contributed by atoms with Gasteiger partial charge in [0.25, 0.3) is 11.8 Å². The van der Waals surface area contributed by atoms with Gasteiger partial charge in [-0.05, 0) is 30.3 Å². The molecule has 0 aliphatic carbocycles. The highest BCUT2D eigenvalue weighted by molar-refractivity contribution is 6.35. The predicted octanol–water partition coefficient (Wildman–Crippen LogP) is 3.25. The number of carbonyl (C=O) groups excluding carboxylic acids is 2. The van der Waals surface area contributed by atoms with Gasteiger partial charge in [-0.1, -0.05) is 35.3 Å². The van der Waals surface area contributed by atoms with Crippen molar-refractivity contribution in [1.29, 1.82) is 0 Å². The lowest BCUT2D eigenvalue weighted by Crippen LogP contribution is -2.51. The minimum Gasteiger partial charge on any atom is -0.482 e. The topological polar surface area (TPSA) is 59.1 Å². The molecule has 2 aromatic carbocycles. The average Bonchev–Trinajstić information content (AvgIpc) is 2.65. The summed E-state index contributed by atoms with van der Waals surface area (Å²) < 4.78 is 11.3. The number of anilines is 1. The molecule has 2 aromatic rings. The molecule has 0 unspecified atom stereocenters. The van der Waals surface area contributed by atoms with Crippen molar-refractivity contribution >= 4 is 40.7 Å². The van der Waals surface area contributed by atoms with Gasteiger partial charge in [-0.15, -0.1) is 0 Å². The van der Waals surface area contributed by atoms with Crippen molar-refractivity contribution in [2.45, 2.75) is 6.10 Å². The molecule has 1 heterocycles. The van der Waals surface area contributed by atoms with E-state index in [0.717, 1.165) is 0 Å². The van der Waals surface area contributed by atoms with E-state index in [-0.39, 0.29) is 25.0 Å². The van der Waals surface area contributed by atoms with Crippen molar-refractivity contribution in [3.63, 3.8) is 0 Å². The van der Waals surface area contributed by atoms with Crippen molar-refractivity contribution in [3.8, 4) is 11.5 Å². The van der Waals surface area contributed by atoms with Crippen LogP contribution in [0.3, 0.4) is 0 Å². The first-order chi connectivity index (χ1) is 12.9. The molecule has 1 aliphatic heterocycles. The van der Waals surface area contributed by atoms with E-state index < -0.39 is 6.10 Å². The van der Waals surface area contributed by atoms with Gasteiger partial charge in [-0.3, -0.25) is 9.59 Å². The van der Waals surface area contributed by atoms with E-state index in [2.05, 4.69) is 0 Å². The van der Waals surface area contributed by atoms with E-state index in [1.165, 1.54) is 9.80 Å². The molecule has 0 N–H and O–H groups in total. The molecule has 0 saturated carbocycles. The van der Waals surface area contributed by atoms with Crippen LogP contribution in [0, 0.1) is 0 Å². The predicted molar refractivity (Wildman–Crippen MR) is 104 cm³/mol. The second-order valence-electron chi connectivity index (χ2n) is 6.17. The van der Waals surface area contributed by atoms with Crippen molar-refractivity contribution in [2.24, 2.45) is 0 Å². The van der Waals surface area contributed by atoms with Gasteiger partial charge in [-0.25, -0.2) is 0 Å². The summed E-state index contributed by atoms with van der Waals surface area (Å²) in [4.78, 5) is 28.1. The van der Waals surface area contributed by atoms with Gasteiger partial charge < -0.3 is 19.3 Å². The summed E-state index contributed by atoms with van der Waals surface area (Å²) in [6, 6.07) is 11.8. The second kappa shape index (κ2) is 8.06.